The van der Waals surface area contributed by atoms with E-state index in [9.17, 15) is 0 Å². The van der Waals surface area contributed by atoms with Crippen LogP contribution in [0.5, 0.6) is 0 Å². The second-order valence-electron chi connectivity index (χ2n) is 4.56. The van der Waals surface area contributed by atoms with Gasteiger partial charge in [0, 0.05) is 21.1 Å². The molecule has 0 bridgehead atoms. The maximum Gasteiger partial charge on any atom is 0.134 e. The van der Waals surface area contributed by atoms with E-state index < -0.39 is 0 Å². The van der Waals surface area contributed by atoms with Crippen molar-refractivity contribution in [3.8, 4) is 0 Å². The van der Waals surface area contributed by atoms with Crippen LogP contribution in [-0.2, 0) is 0 Å². The molecular formula is C16H14ClNOS. The molecule has 1 atom stereocenters. The van der Waals surface area contributed by atoms with Crippen LogP contribution >= 0.6 is 23.4 Å². The first-order valence-corrected chi connectivity index (χ1v) is 7.71. The van der Waals surface area contributed by atoms with Crippen LogP contribution in [0.25, 0.3) is 11.0 Å². The Bertz CT molecular complexity index is 711. The predicted octanol–water partition coefficient (Wildman–Crippen LogP) is 4.88. The second-order valence-corrected chi connectivity index (χ2v) is 6.09. The van der Waals surface area contributed by atoms with E-state index in [0.717, 1.165) is 22.5 Å². The Hall–Kier alpha value is -1.42. The van der Waals surface area contributed by atoms with Gasteiger partial charge < -0.3 is 10.2 Å². The quantitative estimate of drug-likeness (QED) is 0.698. The SMILES string of the molecule is NC(CSc1ccccc1)c1cc2cc(Cl)ccc2o1. The van der Waals surface area contributed by atoms with E-state index in [2.05, 4.69) is 12.1 Å². The van der Waals surface area contributed by atoms with Crippen molar-refractivity contribution in [1.82, 2.24) is 0 Å². The Balaban J connectivity index is 1.73. The molecule has 0 radical (unpaired) electrons. The highest BCUT2D eigenvalue weighted by atomic mass is 35.5. The highest BCUT2D eigenvalue weighted by molar-refractivity contribution is 7.99. The molecule has 0 amide bonds. The van der Waals surface area contributed by atoms with Crippen LogP contribution in [0.3, 0.4) is 0 Å². The maximum atomic E-state index is 6.20. The molecule has 1 unspecified atom stereocenters. The third-order valence-corrected chi connectivity index (χ3v) is 4.40. The normalized spacial score (nSPS) is 12.7. The summed E-state index contributed by atoms with van der Waals surface area (Å²) >= 11 is 7.70. The first-order chi connectivity index (χ1) is 9.72. The first kappa shape index (κ1) is 13.6. The summed E-state index contributed by atoms with van der Waals surface area (Å²) in [6.45, 7) is 0. The lowest BCUT2D eigenvalue weighted by atomic mass is 10.2. The van der Waals surface area contributed by atoms with E-state index in [1.54, 1.807) is 11.8 Å². The second kappa shape index (κ2) is 5.92. The van der Waals surface area contributed by atoms with Crippen molar-refractivity contribution < 1.29 is 4.42 Å². The van der Waals surface area contributed by atoms with E-state index in [-0.39, 0.29) is 6.04 Å². The minimum atomic E-state index is -0.133. The van der Waals surface area contributed by atoms with Crippen molar-refractivity contribution in [2.45, 2.75) is 10.9 Å². The van der Waals surface area contributed by atoms with E-state index in [0.29, 0.717) is 5.02 Å². The molecule has 0 spiro atoms. The number of furan rings is 1. The number of thioether (sulfide) groups is 1. The summed E-state index contributed by atoms with van der Waals surface area (Å²) in [5.74, 6) is 1.57. The molecule has 2 N–H and O–H groups in total. The number of hydrogen-bond acceptors (Lipinski definition) is 3. The summed E-state index contributed by atoms with van der Waals surface area (Å²) in [5.41, 5.74) is 7.02. The van der Waals surface area contributed by atoms with Gasteiger partial charge in [-0.1, -0.05) is 29.8 Å². The van der Waals surface area contributed by atoms with E-state index >= 15 is 0 Å². The predicted molar refractivity (Wildman–Crippen MR) is 85.3 cm³/mol. The molecule has 1 heterocycles. The highest BCUT2D eigenvalue weighted by Crippen LogP contribution is 2.28. The minimum Gasteiger partial charge on any atom is -0.459 e. The van der Waals surface area contributed by atoms with E-state index in [1.807, 2.05) is 42.5 Å². The average molecular weight is 304 g/mol. The lowest BCUT2D eigenvalue weighted by Crippen LogP contribution is -2.11. The number of benzene rings is 2. The smallest absolute Gasteiger partial charge is 0.134 e. The van der Waals surface area contributed by atoms with Gasteiger partial charge in [0.25, 0.3) is 0 Å². The van der Waals surface area contributed by atoms with Crippen molar-refractivity contribution in [3.63, 3.8) is 0 Å². The van der Waals surface area contributed by atoms with Gasteiger partial charge in [0.2, 0.25) is 0 Å². The molecule has 0 saturated carbocycles. The van der Waals surface area contributed by atoms with E-state index in [4.69, 9.17) is 21.8 Å². The first-order valence-electron chi connectivity index (χ1n) is 6.35. The Morgan fingerprint density at radius 3 is 2.70 bits per heavy atom. The molecule has 0 fully saturated rings. The molecule has 102 valence electrons. The van der Waals surface area contributed by atoms with Crippen LogP contribution < -0.4 is 5.73 Å². The zero-order valence-corrected chi connectivity index (χ0v) is 12.3. The van der Waals surface area contributed by atoms with Crippen LogP contribution in [-0.4, -0.2) is 5.75 Å². The lowest BCUT2D eigenvalue weighted by molar-refractivity contribution is 0.516. The number of rotatable bonds is 4. The molecule has 0 saturated heterocycles. The van der Waals surface area contributed by atoms with Crippen molar-refractivity contribution >= 4 is 34.3 Å². The van der Waals surface area contributed by atoms with Crippen LogP contribution in [0, 0.1) is 0 Å². The topological polar surface area (TPSA) is 39.2 Å². The van der Waals surface area contributed by atoms with Gasteiger partial charge in [-0.3, -0.25) is 0 Å². The van der Waals surface area contributed by atoms with Crippen molar-refractivity contribution in [1.29, 1.82) is 0 Å². The molecular weight excluding hydrogens is 290 g/mol. The van der Waals surface area contributed by atoms with E-state index in [1.165, 1.54) is 4.90 Å². The summed E-state index contributed by atoms with van der Waals surface area (Å²) in [6.07, 6.45) is 0. The maximum absolute atomic E-state index is 6.20. The Morgan fingerprint density at radius 1 is 1.10 bits per heavy atom. The third kappa shape index (κ3) is 3.01. The zero-order valence-electron chi connectivity index (χ0n) is 10.8. The fraction of sp³-hybridized carbons (Fsp3) is 0.125. The molecule has 3 rings (SSSR count). The van der Waals surface area contributed by atoms with Gasteiger partial charge in [-0.05, 0) is 36.4 Å². The van der Waals surface area contributed by atoms with Gasteiger partial charge >= 0.3 is 0 Å². The molecule has 3 aromatic rings. The van der Waals surface area contributed by atoms with Crippen LogP contribution in [0.4, 0.5) is 0 Å². The summed E-state index contributed by atoms with van der Waals surface area (Å²) in [5, 5.41) is 1.70. The van der Waals surface area contributed by atoms with Gasteiger partial charge in [-0.25, -0.2) is 0 Å². The fourth-order valence-corrected chi connectivity index (χ4v) is 3.07. The van der Waals surface area contributed by atoms with Crippen LogP contribution in [0.2, 0.25) is 5.02 Å². The summed E-state index contributed by atoms with van der Waals surface area (Å²) < 4.78 is 5.78. The van der Waals surface area contributed by atoms with Crippen LogP contribution in [0.1, 0.15) is 11.8 Å². The molecule has 4 heteroatoms. The monoisotopic (exact) mass is 303 g/mol. The lowest BCUT2D eigenvalue weighted by Gasteiger charge is -2.07. The van der Waals surface area contributed by atoms with Crippen molar-refractivity contribution in [2.75, 3.05) is 5.75 Å². The molecule has 2 aromatic carbocycles. The Morgan fingerprint density at radius 2 is 1.90 bits per heavy atom. The van der Waals surface area contributed by atoms with Gasteiger partial charge in [0.05, 0.1) is 6.04 Å². The third-order valence-electron chi connectivity index (χ3n) is 3.04. The summed E-state index contributed by atoms with van der Waals surface area (Å²) in [7, 11) is 0. The molecule has 1 aromatic heterocycles. The minimum absolute atomic E-state index is 0.133. The zero-order chi connectivity index (χ0) is 13.9. The van der Waals surface area contributed by atoms with Gasteiger partial charge in [-0.15, -0.1) is 11.8 Å². The Kier molecular flexibility index (Phi) is 4.01. The number of halogens is 1. The summed E-state index contributed by atoms with van der Waals surface area (Å²) in [4.78, 5) is 1.21. The fourth-order valence-electron chi connectivity index (χ4n) is 2.00. The van der Waals surface area contributed by atoms with Gasteiger partial charge in [-0.2, -0.15) is 0 Å². The number of hydrogen-bond donors (Lipinski definition) is 1. The number of nitrogens with two attached hydrogens (primary N) is 1. The number of fused-ring (bicyclic) bond motifs is 1. The summed E-state index contributed by atoms with van der Waals surface area (Å²) in [6, 6.07) is 17.6. The molecule has 20 heavy (non-hydrogen) atoms. The highest BCUT2D eigenvalue weighted by Gasteiger charge is 2.12. The Labute approximate surface area is 126 Å². The largest absolute Gasteiger partial charge is 0.459 e. The van der Waals surface area contributed by atoms with Crippen molar-refractivity contribution in [2.24, 2.45) is 5.73 Å². The molecule has 2 nitrogen and oxygen atoms in total. The standard InChI is InChI=1S/C16H14ClNOS/c17-12-6-7-15-11(8-12)9-16(19-15)14(18)10-20-13-4-2-1-3-5-13/h1-9,14H,10,18H2. The van der Waals surface area contributed by atoms with Crippen LogP contribution in [0.15, 0.2) is 63.9 Å². The van der Waals surface area contributed by atoms with Gasteiger partial charge in [0.1, 0.15) is 11.3 Å². The average Bonchev–Trinajstić information content (AvgIpc) is 2.89. The van der Waals surface area contributed by atoms with Gasteiger partial charge in [0.15, 0.2) is 0 Å². The molecule has 0 aliphatic carbocycles. The van der Waals surface area contributed by atoms with Crippen molar-refractivity contribution in [3.05, 3.63) is 65.4 Å². The molecule has 0 aliphatic rings. The molecule has 0 aliphatic heterocycles.